The maximum absolute atomic E-state index is 5.31. The molecule has 56 heavy (non-hydrogen) atoms. The van der Waals surface area contributed by atoms with Crippen molar-refractivity contribution in [3.63, 3.8) is 0 Å². The van der Waals surface area contributed by atoms with Gasteiger partial charge in [-0.25, -0.2) is 9.97 Å². The number of nitrogens with zero attached hydrogens (tertiary/aromatic N) is 3. The Balaban J connectivity index is 1.10. The number of hydrogen-bond acceptors (Lipinski definition) is 5. The lowest BCUT2D eigenvalue weighted by molar-refractivity contribution is 1.18. The first-order valence-corrected chi connectivity index (χ1v) is 20.3. The molecule has 4 aromatic heterocycles. The quantitative estimate of drug-likeness (QED) is 0.170. The number of aromatic nitrogens is 3. The Labute approximate surface area is 331 Å². The molecule has 11 rings (SSSR count). The zero-order chi connectivity index (χ0) is 37.0. The maximum atomic E-state index is 5.31. The first-order valence-electron chi connectivity index (χ1n) is 18.6. The van der Waals surface area contributed by atoms with Gasteiger partial charge in [-0.2, -0.15) is 0 Å². The molecule has 3 nitrogen and oxygen atoms in total. The predicted molar refractivity (Wildman–Crippen MR) is 238 cm³/mol. The molecule has 0 fully saturated rings. The molecule has 0 bridgehead atoms. The zero-order valence-corrected chi connectivity index (χ0v) is 31.7. The fourth-order valence-electron chi connectivity index (χ4n) is 7.75. The van der Waals surface area contributed by atoms with Crippen molar-refractivity contribution in [1.82, 2.24) is 15.0 Å². The van der Waals surface area contributed by atoms with Gasteiger partial charge in [0.05, 0.1) is 11.4 Å². The molecular formula is C51H31N3S2. The maximum Gasteiger partial charge on any atom is 0.160 e. The second-order valence-corrected chi connectivity index (χ2v) is 16.2. The summed E-state index contributed by atoms with van der Waals surface area (Å²) in [5.41, 5.74) is 11.6. The van der Waals surface area contributed by atoms with Gasteiger partial charge < -0.3 is 0 Å². The van der Waals surface area contributed by atoms with E-state index >= 15 is 0 Å². The highest BCUT2D eigenvalue weighted by atomic mass is 32.1. The summed E-state index contributed by atoms with van der Waals surface area (Å²) in [6.45, 7) is 0. The Bertz CT molecular complexity index is 3110. The van der Waals surface area contributed by atoms with E-state index in [4.69, 9.17) is 9.97 Å². The Morgan fingerprint density at radius 3 is 1.41 bits per heavy atom. The highest BCUT2D eigenvalue weighted by molar-refractivity contribution is 7.26. The van der Waals surface area contributed by atoms with E-state index in [9.17, 15) is 0 Å². The highest BCUT2D eigenvalue weighted by Gasteiger charge is 2.16. The standard InChI is InChI=1S/C51H31N3S2/c1-2-9-33(10-3-1)45-30-46(54-51(53-45)34-18-16-32(17-19-34)37-11-8-24-52-31-37)40-26-38(35-20-22-43-41-12-4-6-14-47(41)55-49(43)28-35)25-39(27-40)36-21-23-44-42-13-5-7-15-48(42)56-50(44)29-36/h1-31H. The molecule has 262 valence electrons. The van der Waals surface area contributed by atoms with Crippen molar-refractivity contribution in [2.75, 3.05) is 0 Å². The second kappa shape index (κ2) is 13.5. The van der Waals surface area contributed by atoms with E-state index in [0.29, 0.717) is 5.82 Å². The molecule has 4 heterocycles. The largest absolute Gasteiger partial charge is 0.264 e. The van der Waals surface area contributed by atoms with Crippen LogP contribution in [0.1, 0.15) is 0 Å². The van der Waals surface area contributed by atoms with Gasteiger partial charge in [0, 0.05) is 69.4 Å². The van der Waals surface area contributed by atoms with Gasteiger partial charge >= 0.3 is 0 Å². The van der Waals surface area contributed by atoms with Crippen LogP contribution in [0, 0.1) is 0 Å². The minimum atomic E-state index is 0.685. The minimum Gasteiger partial charge on any atom is -0.264 e. The fourth-order valence-corrected chi connectivity index (χ4v) is 10.0. The van der Waals surface area contributed by atoms with Crippen molar-refractivity contribution in [2.24, 2.45) is 0 Å². The van der Waals surface area contributed by atoms with Crippen LogP contribution in [0.5, 0.6) is 0 Å². The molecule has 0 spiro atoms. The topological polar surface area (TPSA) is 38.7 Å². The van der Waals surface area contributed by atoms with E-state index in [2.05, 4.69) is 169 Å². The van der Waals surface area contributed by atoms with E-state index in [1.54, 1.807) is 6.20 Å². The van der Waals surface area contributed by atoms with Crippen molar-refractivity contribution >= 4 is 63.0 Å². The molecule has 0 N–H and O–H groups in total. The summed E-state index contributed by atoms with van der Waals surface area (Å²) in [7, 11) is 0. The molecule has 0 atom stereocenters. The van der Waals surface area contributed by atoms with Gasteiger partial charge in [-0.15, -0.1) is 22.7 Å². The third-order valence-corrected chi connectivity index (χ3v) is 12.9. The van der Waals surface area contributed by atoms with Crippen molar-refractivity contribution in [3.8, 4) is 67.3 Å². The number of benzene rings is 7. The third-order valence-electron chi connectivity index (χ3n) is 10.6. The van der Waals surface area contributed by atoms with Crippen molar-refractivity contribution < 1.29 is 0 Å². The van der Waals surface area contributed by atoms with Crippen LogP contribution in [0.4, 0.5) is 0 Å². The monoisotopic (exact) mass is 749 g/mol. The van der Waals surface area contributed by atoms with Gasteiger partial charge in [-0.3, -0.25) is 4.98 Å². The third kappa shape index (κ3) is 5.86. The first-order chi connectivity index (χ1) is 27.7. The molecule has 7 aromatic carbocycles. The molecule has 0 unspecified atom stereocenters. The fraction of sp³-hybridized carbons (Fsp3) is 0. The van der Waals surface area contributed by atoms with Crippen molar-refractivity contribution in [2.45, 2.75) is 0 Å². The average Bonchev–Trinajstić information content (AvgIpc) is 3.84. The van der Waals surface area contributed by atoms with Crippen LogP contribution >= 0.6 is 22.7 Å². The van der Waals surface area contributed by atoms with Crippen LogP contribution in [0.2, 0.25) is 0 Å². The van der Waals surface area contributed by atoms with Crippen LogP contribution in [-0.2, 0) is 0 Å². The predicted octanol–water partition coefficient (Wildman–Crippen LogP) is 14.6. The summed E-state index contributed by atoms with van der Waals surface area (Å²) in [6, 6.07) is 63.1. The highest BCUT2D eigenvalue weighted by Crippen LogP contribution is 2.41. The van der Waals surface area contributed by atoms with E-state index in [1.807, 2.05) is 41.0 Å². The van der Waals surface area contributed by atoms with Crippen LogP contribution < -0.4 is 0 Å². The van der Waals surface area contributed by atoms with E-state index in [-0.39, 0.29) is 0 Å². The summed E-state index contributed by atoms with van der Waals surface area (Å²) in [5, 5.41) is 5.20. The Morgan fingerprint density at radius 1 is 0.304 bits per heavy atom. The lowest BCUT2D eigenvalue weighted by atomic mass is 9.93. The number of thiophene rings is 2. The molecular weight excluding hydrogens is 719 g/mol. The van der Waals surface area contributed by atoms with Crippen LogP contribution in [0.25, 0.3) is 108 Å². The lowest BCUT2D eigenvalue weighted by Gasteiger charge is -2.14. The summed E-state index contributed by atoms with van der Waals surface area (Å²) in [5.74, 6) is 0.685. The summed E-state index contributed by atoms with van der Waals surface area (Å²) < 4.78 is 5.18. The van der Waals surface area contributed by atoms with Crippen LogP contribution in [0.3, 0.4) is 0 Å². The Hall–Kier alpha value is -6.79. The van der Waals surface area contributed by atoms with E-state index in [0.717, 1.165) is 50.3 Å². The molecule has 0 saturated carbocycles. The normalized spacial score (nSPS) is 11.6. The first kappa shape index (κ1) is 32.6. The number of fused-ring (bicyclic) bond motifs is 6. The van der Waals surface area contributed by atoms with Gasteiger partial charge in [-0.1, -0.05) is 121 Å². The second-order valence-electron chi connectivity index (χ2n) is 14.1. The summed E-state index contributed by atoms with van der Waals surface area (Å²) in [6.07, 6.45) is 3.69. The number of rotatable bonds is 6. The number of pyridine rings is 1. The van der Waals surface area contributed by atoms with Gasteiger partial charge in [0.2, 0.25) is 0 Å². The molecule has 5 heteroatoms. The molecule has 0 aliphatic rings. The van der Waals surface area contributed by atoms with Crippen molar-refractivity contribution in [3.05, 3.63) is 188 Å². The lowest BCUT2D eigenvalue weighted by Crippen LogP contribution is -1.96. The molecule has 0 radical (unpaired) electrons. The smallest absolute Gasteiger partial charge is 0.160 e. The van der Waals surface area contributed by atoms with Crippen molar-refractivity contribution in [1.29, 1.82) is 0 Å². The summed E-state index contributed by atoms with van der Waals surface area (Å²) in [4.78, 5) is 14.8. The van der Waals surface area contributed by atoms with E-state index in [1.165, 1.54) is 51.5 Å². The van der Waals surface area contributed by atoms with Gasteiger partial charge in [0.25, 0.3) is 0 Å². The average molecular weight is 750 g/mol. The van der Waals surface area contributed by atoms with Gasteiger partial charge in [0.15, 0.2) is 5.82 Å². The van der Waals surface area contributed by atoms with E-state index < -0.39 is 0 Å². The molecule has 0 saturated heterocycles. The van der Waals surface area contributed by atoms with Crippen LogP contribution in [-0.4, -0.2) is 15.0 Å². The van der Waals surface area contributed by atoms with Gasteiger partial charge in [-0.05, 0) is 88.0 Å². The van der Waals surface area contributed by atoms with Crippen LogP contribution in [0.15, 0.2) is 188 Å². The zero-order valence-electron chi connectivity index (χ0n) is 30.1. The molecule has 11 aromatic rings. The molecule has 0 aliphatic carbocycles. The Kier molecular flexibility index (Phi) is 7.87. The Morgan fingerprint density at radius 2 is 0.804 bits per heavy atom. The number of hydrogen-bond donors (Lipinski definition) is 0. The summed E-state index contributed by atoms with van der Waals surface area (Å²) >= 11 is 3.70. The minimum absolute atomic E-state index is 0.685. The van der Waals surface area contributed by atoms with Gasteiger partial charge in [0.1, 0.15) is 0 Å². The molecule has 0 aliphatic heterocycles. The SMILES string of the molecule is c1ccc(-c2cc(-c3cc(-c4ccc5c(c4)sc4ccccc45)cc(-c4ccc5c(c4)sc4ccccc45)c3)nc(-c3ccc(-c4cccnc4)cc3)n2)cc1. The molecule has 0 amide bonds.